The van der Waals surface area contributed by atoms with Crippen molar-refractivity contribution in [2.75, 3.05) is 18.6 Å². The zero-order valence-electron chi connectivity index (χ0n) is 13.7. The number of anilines is 1. The normalized spacial score (nSPS) is 19.3. The number of nitrogens with zero attached hydrogens (tertiary/aromatic N) is 1. The van der Waals surface area contributed by atoms with Gasteiger partial charge in [-0.3, -0.25) is 9.59 Å². The van der Waals surface area contributed by atoms with Gasteiger partial charge in [-0.2, -0.15) is 0 Å². The molecule has 0 bridgehead atoms. The second-order valence-corrected chi connectivity index (χ2v) is 5.76. The number of carbonyl (C=O) groups excluding carboxylic acids is 2. The fraction of sp³-hybridized carbons (Fsp3) is 0.263. The molecule has 3 rings (SSSR count). The summed E-state index contributed by atoms with van der Waals surface area (Å²) < 4.78 is 5.07. The van der Waals surface area contributed by atoms with Crippen molar-refractivity contribution in [2.24, 2.45) is 0 Å². The smallest absolute Gasteiger partial charge is 0.264 e. The van der Waals surface area contributed by atoms with E-state index < -0.39 is 11.5 Å². The van der Waals surface area contributed by atoms with E-state index in [4.69, 9.17) is 4.74 Å². The van der Waals surface area contributed by atoms with Gasteiger partial charge in [0.25, 0.3) is 5.91 Å². The van der Waals surface area contributed by atoms with Crippen LogP contribution < -0.4 is 9.64 Å². The first kappa shape index (κ1) is 16.2. The molecule has 0 saturated heterocycles. The van der Waals surface area contributed by atoms with Crippen LogP contribution in [0.5, 0.6) is 5.75 Å². The molecule has 0 radical (unpaired) electrons. The number of carbonyl (C=O) groups is 2. The van der Waals surface area contributed by atoms with Crippen LogP contribution in [0.25, 0.3) is 0 Å². The molecule has 0 unspecified atom stereocenters. The summed E-state index contributed by atoms with van der Waals surface area (Å²) in [6.45, 7) is 2.28. The van der Waals surface area contributed by atoms with Crippen LogP contribution in [0.15, 0.2) is 48.5 Å². The second kappa shape index (κ2) is 6.09. The van der Waals surface area contributed by atoms with Crippen molar-refractivity contribution in [3.8, 4) is 5.75 Å². The first-order valence-corrected chi connectivity index (χ1v) is 7.82. The third-order valence-corrected chi connectivity index (χ3v) is 4.38. The van der Waals surface area contributed by atoms with Gasteiger partial charge < -0.3 is 14.7 Å². The van der Waals surface area contributed by atoms with Gasteiger partial charge in [0.1, 0.15) is 5.75 Å². The van der Waals surface area contributed by atoms with Gasteiger partial charge in [-0.25, -0.2) is 0 Å². The fourth-order valence-electron chi connectivity index (χ4n) is 3.10. The Labute approximate surface area is 140 Å². The molecule has 1 aliphatic rings. The number of ether oxygens (including phenoxy) is 1. The summed E-state index contributed by atoms with van der Waals surface area (Å²) in [5.41, 5.74) is -0.234. The number of Topliss-reactive ketones (excluding diaryl/α,β-unsaturated/α-hetero) is 1. The van der Waals surface area contributed by atoms with E-state index in [0.29, 0.717) is 29.1 Å². The Kier molecular flexibility index (Phi) is 4.11. The van der Waals surface area contributed by atoms with Crippen molar-refractivity contribution in [2.45, 2.75) is 18.9 Å². The molecule has 0 spiro atoms. The summed E-state index contributed by atoms with van der Waals surface area (Å²) >= 11 is 0. The Bertz CT molecular complexity index is 784. The van der Waals surface area contributed by atoms with Crippen LogP contribution in [0.1, 0.15) is 29.3 Å². The molecule has 1 heterocycles. The Morgan fingerprint density at radius 3 is 2.46 bits per heavy atom. The molecular weight excluding hydrogens is 306 g/mol. The van der Waals surface area contributed by atoms with Crippen molar-refractivity contribution in [3.63, 3.8) is 0 Å². The minimum atomic E-state index is -1.82. The van der Waals surface area contributed by atoms with Crippen LogP contribution in [0.4, 0.5) is 5.69 Å². The summed E-state index contributed by atoms with van der Waals surface area (Å²) in [7, 11) is 1.55. The van der Waals surface area contributed by atoms with Gasteiger partial charge >= 0.3 is 0 Å². The average molecular weight is 325 g/mol. The number of ketones is 1. The first-order valence-electron chi connectivity index (χ1n) is 7.82. The Morgan fingerprint density at radius 1 is 1.17 bits per heavy atom. The zero-order chi connectivity index (χ0) is 17.3. The number of hydrogen-bond donors (Lipinski definition) is 1. The quantitative estimate of drug-likeness (QED) is 0.858. The molecule has 24 heavy (non-hydrogen) atoms. The molecule has 0 aliphatic carbocycles. The first-order chi connectivity index (χ1) is 11.5. The van der Waals surface area contributed by atoms with Gasteiger partial charge in [0.05, 0.1) is 19.2 Å². The Hall–Kier alpha value is -2.66. The maximum absolute atomic E-state index is 12.7. The van der Waals surface area contributed by atoms with Crippen LogP contribution in [-0.4, -0.2) is 30.5 Å². The van der Waals surface area contributed by atoms with Crippen LogP contribution >= 0.6 is 0 Å². The number of methoxy groups -OCH3 is 1. The number of likely N-dealkylation sites (N-methyl/N-ethyl adjacent to an activating group) is 1. The molecule has 2 aromatic carbocycles. The van der Waals surface area contributed by atoms with Crippen LogP contribution in [0.3, 0.4) is 0 Å². The van der Waals surface area contributed by atoms with Crippen molar-refractivity contribution in [3.05, 3.63) is 59.7 Å². The predicted octanol–water partition coefficient (Wildman–Crippen LogP) is 2.52. The van der Waals surface area contributed by atoms with Gasteiger partial charge in [0.15, 0.2) is 11.4 Å². The molecule has 124 valence electrons. The van der Waals surface area contributed by atoms with Crippen molar-refractivity contribution >= 4 is 17.4 Å². The van der Waals surface area contributed by atoms with Crippen molar-refractivity contribution < 1.29 is 19.4 Å². The molecule has 1 amide bonds. The zero-order valence-corrected chi connectivity index (χ0v) is 13.7. The second-order valence-electron chi connectivity index (χ2n) is 5.76. The van der Waals surface area contributed by atoms with Gasteiger partial charge in [-0.15, -0.1) is 0 Å². The number of para-hydroxylation sites is 1. The fourth-order valence-corrected chi connectivity index (χ4v) is 3.10. The van der Waals surface area contributed by atoms with E-state index in [1.54, 1.807) is 49.6 Å². The summed E-state index contributed by atoms with van der Waals surface area (Å²) in [6.07, 6.45) is -0.286. The average Bonchev–Trinajstić information content (AvgIpc) is 2.82. The number of hydrogen-bond acceptors (Lipinski definition) is 4. The van der Waals surface area contributed by atoms with Crippen LogP contribution in [0.2, 0.25) is 0 Å². The lowest BCUT2D eigenvalue weighted by atomic mass is 9.88. The maximum Gasteiger partial charge on any atom is 0.264 e. The molecule has 2 aromatic rings. The Balaban J connectivity index is 1.93. The SMILES string of the molecule is CCN1C(=O)[C@@](O)(CC(=O)c2ccc(OC)cc2)c2ccccc21. The maximum atomic E-state index is 12.7. The number of fused-ring (bicyclic) bond motifs is 1. The lowest BCUT2D eigenvalue weighted by Gasteiger charge is -2.22. The van der Waals surface area contributed by atoms with Gasteiger partial charge in [0.2, 0.25) is 0 Å². The van der Waals surface area contributed by atoms with E-state index in [9.17, 15) is 14.7 Å². The van der Waals surface area contributed by atoms with Crippen molar-refractivity contribution in [1.82, 2.24) is 0 Å². The molecule has 1 aliphatic heterocycles. The van der Waals surface area contributed by atoms with E-state index >= 15 is 0 Å². The minimum Gasteiger partial charge on any atom is -0.497 e. The Morgan fingerprint density at radius 2 is 1.83 bits per heavy atom. The monoisotopic (exact) mass is 325 g/mol. The largest absolute Gasteiger partial charge is 0.497 e. The lowest BCUT2D eigenvalue weighted by Crippen LogP contribution is -2.41. The van der Waals surface area contributed by atoms with Crippen LogP contribution in [-0.2, 0) is 10.4 Å². The summed E-state index contributed by atoms with van der Waals surface area (Å²) in [6, 6.07) is 13.7. The molecule has 1 N–H and O–H groups in total. The number of amides is 1. The van der Waals surface area contributed by atoms with Gasteiger partial charge in [-0.1, -0.05) is 18.2 Å². The predicted molar refractivity (Wildman–Crippen MR) is 90.3 cm³/mol. The highest BCUT2D eigenvalue weighted by atomic mass is 16.5. The van der Waals surface area contributed by atoms with E-state index in [-0.39, 0.29) is 12.2 Å². The molecule has 0 fully saturated rings. The summed E-state index contributed by atoms with van der Waals surface area (Å²) in [5, 5.41) is 11.0. The minimum absolute atomic E-state index is 0.286. The standard InChI is InChI=1S/C19H19NO4/c1-3-20-16-7-5-4-6-15(16)19(23,18(20)22)12-17(21)13-8-10-14(24-2)11-9-13/h4-11,23H,3,12H2,1-2H3/t19-/m1/s1. The van der Waals surface area contributed by atoms with Crippen molar-refractivity contribution in [1.29, 1.82) is 0 Å². The highest BCUT2D eigenvalue weighted by molar-refractivity contribution is 6.10. The third kappa shape index (κ3) is 2.47. The van der Waals surface area contributed by atoms with E-state index in [0.717, 1.165) is 0 Å². The number of aliphatic hydroxyl groups is 1. The molecule has 5 heteroatoms. The van der Waals surface area contributed by atoms with E-state index in [1.165, 1.54) is 4.90 Å². The molecule has 0 saturated carbocycles. The topological polar surface area (TPSA) is 66.8 Å². The van der Waals surface area contributed by atoms with E-state index in [2.05, 4.69) is 0 Å². The summed E-state index contributed by atoms with van der Waals surface area (Å²) in [5.74, 6) is -0.0981. The van der Waals surface area contributed by atoms with Gasteiger partial charge in [0, 0.05) is 17.7 Å². The van der Waals surface area contributed by atoms with Crippen LogP contribution in [0, 0.1) is 0 Å². The van der Waals surface area contributed by atoms with E-state index in [1.807, 2.05) is 13.0 Å². The van der Waals surface area contributed by atoms with Gasteiger partial charge in [-0.05, 0) is 37.3 Å². The third-order valence-electron chi connectivity index (χ3n) is 4.38. The summed E-state index contributed by atoms with van der Waals surface area (Å²) in [4.78, 5) is 26.8. The molecule has 0 aromatic heterocycles. The highest BCUT2D eigenvalue weighted by Gasteiger charge is 2.50. The molecule has 5 nitrogen and oxygen atoms in total. The number of rotatable bonds is 5. The molecular formula is C19H19NO4. The number of benzene rings is 2. The lowest BCUT2D eigenvalue weighted by molar-refractivity contribution is -0.135. The molecule has 1 atom stereocenters. The highest BCUT2D eigenvalue weighted by Crippen LogP contribution is 2.42.